The van der Waals surface area contributed by atoms with E-state index in [1.807, 2.05) is 30.3 Å². The molecule has 3 aromatic rings. The Morgan fingerprint density at radius 3 is 1.76 bits per heavy atom. The molecule has 0 aliphatic heterocycles. The molecule has 0 aliphatic rings. The minimum atomic E-state index is -0.175. The van der Waals surface area contributed by atoms with Crippen molar-refractivity contribution >= 4 is 46.6 Å². The Bertz CT molecular complexity index is 948. The van der Waals surface area contributed by atoms with Crippen LogP contribution in [0.2, 0.25) is 5.02 Å². The molecule has 0 unspecified atom stereocenters. The summed E-state index contributed by atoms with van der Waals surface area (Å²) in [5.74, 6) is 1.44. The first kappa shape index (κ1) is 20.8. The van der Waals surface area contributed by atoms with Gasteiger partial charge in [-0.05, 0) is 60.7 Å². The summed E-state index contributed by atoms with van der Waals surface area (Å²) in [5.41, 5.74) is 1.34. The van der Waals surface area contributed by atoms with Gasteiger partial charge in [0.05, 0.1) is 11.5 Å². The predicted molar refractivity (Wildman–Crippen MR) is 119 cm³/mol. The van der Waals surface area contributed by atoms with Crippen molar-refractivity contribution in [3.8, 4) is 11.5 Å². The van der Waals surface area contributed by atoms with E-state index in [0.717, 1.165) is 5.75 Å². The summed E-state index contributed by atoms with van der Waals surface area (Å²) in [6.45, 7) is 0. The number of anilines is 2. The maximum atomic E-state index is 12.1. The van der Waals surface area contributed by atoms with Crippen LogP contribution in [-0.4, -0.2) is 23.3 Å². The number of hydrogen-bond donors (Lipinski definition) is 2. The van der Waals surface area contributed by atoms with Gasteiger partial charge in [0, 0.05) is 16.4 Å². The summed E-state index contributed by atoms with van der Waals surface area (Å²) in [5, 5.41) is 6.16. The van der Waals surface area contributed by atoms with Crippen molar-refractivity contribution < 1.29 is 14.3 Å². The van der Waals surface area contributed by atoms with E-state index in [0.29, 0.717) is 22.1 Å². The molecule has 3 aromatic carbocycles. The molecule has 0 saturated heterocycles. The van der Waals surface area contributed by atoms with E-state index >= 15 is 0 Å². The highest BCUT2D eigenvalue weighted by Gasteiger charge is 2.07. The summed E-state index contributed by atoms with van der Waals surface area (Å²) in [7, 11) is 0. The molecular formula is C22H19ClN2O3S. The lowest BCUT2D eigenvalue weighted by molar-refractivity contribution is -0.114. The van der Waals surface area contributed by atoms with Gasteiger partial charge in [-0.25, -0.2) is 0 Å². The molecule has 5 nitrogen and oxygen atoms in total. The minimum Gasteiger partial charge on any atom is -0.457 e. The van der Waals surface area contributed by atoms with Crippen molar-refractivity contribution in [1.82, 2.24) is 0 Å². The molecule has 0 radical (unpaired) electrons. The zero-order valence-corrected chi connectivity index (χ0v) is 17.0. The summed E-state index contributed by atoms with van der Waals surface area (Å²) < 4.78 is 5.72. The molecule has 0 fully saturated rings. The predicted octanol–water partition coefficient (Wildman–Crippen LogP) is 5.44. The Labute approximate surface area is 178 Å². The zero-order chi connectivity index (χ0) is 20.5. The second-order valence-corrected chi connectivity index (χ2v) is 7.46. The van der Waals surface area contributed by atoms with Crippen LogP contribution in [-0.2, 0) is 9.59 Å². The second-order valence-electron chi connectivity index (χ2n) is 6.04. The molecule has 0 bridgehead atoms. The molecule has 0 aromatic heterocycles. The molecule has 0 spiro atoms. The van der Waals surface area contributed by atoms with E-state index < -0.39 is 0 Å². The Kier molecular flexibility index (Phi) is 7.55. The fourth-order valence-electron chi connectivity index (χ4n) is 2.39. The normalized spacial score (nSPS) is 10.2. The third-order valence-corrected chi connectivity index (χ3v) is 4.90. The first-order valence-corrected chi connectivity index (χ1v) is 10.4. The number of hydrogen-bond acceptors (Lipinski definition) is 4. The number of benzene rings is 3. The number of halogens is 1. The van der Waals surface area contributed by atoms with E-state index in [-0.39, 0.29) is 23.3 Å². The van der Waals surface area contributed by atoms with Gasteiger partial charge in [-0.1, -0.05) is 29.8 Å². The maximum Gasteiger partial charge on any atom is 0.234 e. The molecule has 29 heavy (non-hydrogen) atoms. The average molecular weight is 427 g/mol. The SMILES string of the molecule is O=C(CSCC(=O)Nc1ccc(Oc2ccccc2)cc1)Nc1ccc(Cl)cc1. The van der Waals surface area contributed by atoms with Crippen molar-refractivity contribution in [3.05, 3.63) is 83.9 Å². The molecule has 0 heterocycles. The van der Waals surface area contributed by atoms with Crippen LogP contribution in [0.1, 0.15) is 0 Å². The highest BCUT2D eigenvalue weighted by molar-refractivity contribution is 8.00. The Balaban J connectivity index is 1.38. The van der Waals surface area contributed by atoms with E-state index in [1.165, 1.54) is 11.8 Å². The van der Waals surface area contributed by atoms with Crippen LogP contribution < -0.4 is 15.4 Å². The number of nitrogens with one attached hydrogen (secondary N) is 2. The first-order valence-electron chi connectivity index (χ1n) is 8.84. The second kappa shape index (κ2) is 10.5. The lowest BCUT2D eigenvalue weighted by Gasteiger charge is -2.08. The van der Waals surface area contributed by atoms with Crippen LogP contribution in [0.5, 0.6) is 11.5 Å². The molecule has 0 atom stereocenters. The van der Waals surface area contributed by atoms with E-state index in [1.54, 1.807) is 48.5 Å². The summed E-state index contributed by atoms with van der Waals surface area (Å²) in [6.07, 6.45) is 0. The van der Waals surface area contributed by atoms with Gasteiger partial charge < -0.3 is 15.4 Å². The summed E-state index contributed by atoms with van der Waals surface area (Å²) in [6, 6.07) is 23.4. The lowest BCUT2D eigenvalue weighted by Crippen LogP contribution is -2.18. The minimum absolute atomic E-state index is 0.174. The molecule has 0 saturated carbocycles. The number of ether oxygens (including phenoxy) is 1. The summed E-state index contributed by atoms with van der Waals surface area (Å²) >= 11 is 7.05. The number of rotatable bonds is 8. The smallest absolute Gasteiger partial charge is 0.234 e. The van der Waals surface area contributed by atoms with Gasteiger partial charge in [0.15, 0.2) is 0 Å². The number of carbonyl (C=O) groups is 2. The molecule has 2 N–H and O–H groups in total. The maximum absolute atomic E-state index is 12.1. The Morgan fingerprint density at radius 2 is 1.21 bits per heavy atom. The van der Waals surface area contributed by atoms with Crippen LogP contribution in [0, 0.1) is 0 Å². The topological polar surface area (TPSA) is 67.4 Å². The highest BCUT2D eigenvalue weighted by Crippen LogP contribution is 2.22. The number of amides is 2. The lowest BCUT2D eigenvalue weighted by atomic mass is 10.3. The molecular weight excluding hydrogens is 408 g/mol. The third-order valence-electron chi connectivity index (χ3n) is 3.71. The van der Waals surface area contributed by atoms with Crippen LogP contribution in [0.4, 0.5) is 11.4 Å². The number of carbonyl (C=O) groups excluding carboxylic acids is 2. The van der Waals surface area contributed by atoms with Crippen molar-refractivity contribution in [1.29, 1.82) is 0 Å². The van der Waals surface area contributed by atoms with Crippen LogP contribution in [0.3, 0.4) is 0 Å². The zero-order valence-electron chi connectivity index (χ0n) is 15.4. The third kappa shape index (κ3) is 7.18. The van der Waals surface area contributed by atoms with Crippen LogP contribution in [0.25, 0.3) is 0 Å². The molecule has 7 heteroatoms. The summed E-state index contributed by atoms with van der Waals surface area (Å²) in [4.78, 5) is 24.0. The van der Waals surface area contributed by atoms with Crippen LogP contribution >= 0.6 is 23.4 Å². The van der Waals surface area contributed by atoms with Crippen molar-refractivity contribution in [2.75, 3.05) is 22.1 Å². The van der Waals surface area contributed by atoms with E-state index in [2.05, 4.69) is 10.6 Å². The highest BCUT2D eigenvalue weighted by atomic mass is 35.5. The molecule has 3 rings (SSSR count). The van der Waals surface area contributed by atoms with Crippen LogP contribution in [0.15, 0.2) is 78.9 Å². The van der Waals surface area contributed by atoms with Gasteiger partial charge in [0.2, 0.25) is 11.8 Å². The standard InChI is InChI=1S/C22H19ClN2O3S/c23-16-6-8-17(9-7-16)24-21(26)14-29-15-22(27)25-18-10-12-20(13-11-18)28-19-4-2-1-3-5-19/h1-13H,14-15H2,(H,24,26)(H,25,27). The first-order chi connectivity index (χ1) is 14.1. The number of para-hydroxylation sites is 1. The Morgan fingerprint density at radius 1 is 0.724 bits per heavy atom. The average Bonchev–Trinajstić information content (AvgIpc) is 2.72. The van der Waals surface area contributed by atoms with Gasteiger partial charge in [-0.3, -0.25) is 9.59 Å². The van der Waals surface area contributed by atoms with Gasteiger partial charge >= 0.3 is 0 Å². The molecule has 148 valence electrons. The van der Waals surface area contributed by atoms with Crippen molar-refractivity contribution in [2.45, 2.75) is 0 Å². The largest absolute Gasteiger partial charge is 0.457 e. The van der Waals surface area contributed by atoms with E-state index in [9.17, 15) is 9.59 Å². The fourth-order valence-corrected chi connectivity index (χ4v) is 3.14. The van der Waals surface area contributed by atoms with Gasteiger partial charge in [-0.2, -0.15) is 0 Å². The van der Waals surface area contributed by atoms with Crippen molar-refractivity contribution in [2.24, 2.45) is 0 Å². The Hall–Kier alpha value is -2.96. The fraction of sp³-hybridized carbons (Fsp3) is 0.0909. The van der Waals surface area contributed by atoms with Gasteiger partial charge in [0.25, 0.3) is 0 Å². The van der Waals surface area contributed by atoms with E-state index in [4.69, 9.17) is 16.3 Å². The quantitative estimate of drug-likeness (QED) is 0.503. The van der Waals surface area contributed by atoms with Gasteiger partial charge in [-0.15, -0.1) is 11.8 Å². The molecule has 0 aliphatic carbocycles. The van der Waals surface area contributed by atoms with Crippen molar-refractivity contribution in [3.63, 3.8) is 0 Å². The molecule has 2 amide bonds. The van der Waals surface area contributed by atoms with Gasteiger partial charge in [0.1, 0.15) is 11.5 Å². The monoisotopic (exact) mass is 426 g/mol. The number of thioether (sulfide) groups is 1.